The average Bonchev–Trinajstić information content (AvgIpc) is 2.56. The van der Waals surface area contributed by atoms with Crippen LogP contribution in [-0.4, -0.2) is 30.8 Å². The number of rotatable bonds is 3. The third-order valence-electron chi connectivity index (χ3n) is 3.80. The predicted molar refractivity (Wildman–Crippen MR) is 81.7 cm³/mol. The molecule has 0 aliphatic carbocycles. The van der Waals surface area contributed by atoms with Gasteiger partial charge in [0.15, 0.2) is 0 Å². The largest absolute Gasteiger partial charge is 0.341 e. The Bertz CT molecular complexity index is 539. The van der Waals surface area contributed by atoms with E-state index in [2.05, 4.69) is 16.0 Å². The zero-order valence-corrected chi connectivity index (χ0v) is 12.6. The van der Waals surface area contributed by atoms with Gasteiger partial charge in [0, 0.05) is 5.92 Å². The SMILES string of the molecule is CC(NC(=O)C(=O)NC(=O)C1CCNCC1)c1ccccc1. The van der Waals surface area contributed by atoms with Gasteiger partial charge in [-0.15, -0.1) is 0 Å². The van der Waals surface area contributed by atoms with E-state index in [0.29, 0.717) is 12.8 Å². The average molecular weight is 303 g/mol. The van der Waals surface area contributed by atoms with Gasteiger partial charge in [0.25, 0.3) is 0 Å². The van der Waals surface area contributed by atoms with Crippen LogP contribution in [0.15, 0.2) is 30.3 Å². The standard InChI is InChI=1S/C16H21N3O3/c1-11(12-5-3-2-4-6-12)18-15(21)16(22)19-14(20)13-7-9-17-10-8-13/h2-6,11,13,17H,7-10H2,1H3,(H,18,21)(H,19,20,22). The number of amides is 3. The third kappa shape index (κ3) is 4.39. The lowest BCUT2D eigenvalue weighted by Crippen LogP contribution is -2.47. The minimum atomic E-state index is -0.897. The quantitative estimate of drug-likeness (QED) is 0.710. The van der Waals surface area contributed by atoms with Crippen molar-refractivity contribution in [2.75, 3.05) is 13.1 Å². The van der Waals surface area contributed by atoms with Crippen LogP contribution in [0, 0.1) is 5.92 Å². The van der Waals surface area contributed by atoms with Crippen molar-refractivity contribution >= 4 is 17.7 Å². The molecule has 0 saturated carbocycles. The highest BCUT2D eigenvalue weighted by Crippen LogP contribution is 2.12. The van der Waals surface area contributed by atoms with Gasteiger partial charge >= 0.3 is 11.8 Å². The van der Waals surface area contributed by atoms with Gasteiger partial charge in [0.05, 0.1) is 6.04 Å². The Morgan fingerprint density at radius 3 is 2.36 bits per heavy atom. The van der Waals surface area contributed by atoms with Crippen LogP contribution >= 0.6 is 0 Å². The molecular weight excluding hydrogens is 282 g/mol. The second-order valence-electron chi connectivity index (χ2n) is 5.45. The molecule has 1 aliphatic rings. The summed E-state index contributed by atoms with van der Waals surface area (Å²) in [6.07, 6.45) is 1.36. The lowest BCUT2D eigenvalue weighted by atomic mass is 9.97. The minimum Gasteiger partial charge on any atom is -0.341 e. The summed E-state index contributed by atoms with van der Waals surface area (Å²) in [6, 6.07) is 9.03. The van der Waals surface area contributed by atoms with Gasteiger partial charge < -0.3 is 10.6 Å². The van der Waals surface area contributed by atoms with Gasteiger partial charge in [0.1, 0.15) is 0 Å². The van der Waals surface area contributed by atoms with Crippen LogP contribution < -0.4 is 16.0 Å². The first kappa shape index (κ1) is 16.2. The van der Waals surface area contributed by atoms with Crippen molar-refractivity contribution in [3.05, 3.63) is 35.9 Å². The number of nitrogens with one attached hydrogen (secondary N) is 3. The molecule has 118 valence electrons. The highest BCUT2D eigenvalue weighted by molar-refractivity contribution is 6.37. The summed E-state index contributed by atoms with van der Waals surface area (Å²) >= 11 is 0. The molecule has 22 heavy (non-hydrogen) atoms. The van der Waals surface area contributed by atoms with Crippen LogP contribution in [0.3, 0.4) is 0 Å². The first-order valence-electron chi connectivity index (χ1n) is 7.49. The van der Waals surface area contributed by atoms with Gasteiger partial charge in [-0.2, -0.15) is 0 Å². The smallest absolute Gasteiger partial charge is 0.315 e. The summed E-state index contributed by atoms with van der Waals surface area (Å²) < 4.78 is 0. The molecule has 0 aromatic heterocycles. The molecule has 1 heterocycles. The molecule has 1 atom stereocenters. The molecule has 1 saturated heterocycles. The molecule has 6 heteroatoms. The van der Waals surface area contributed by atoms with E-state index in [4.69, 9.17) is 0 Å². The fraction of sp³-hybridized carbons (Fsp3) is 0.438. The molecule has 3 amide bonds. The maximum atomic E-state index is 11.9. The topological polar surface area (TPSA) is 87.3 Å². The lowest BCUT2D eigenvalue weighted by Gasteiger charge is -2.21. The van der Waals surface area contributed by atoms with E-state index in [1.807, 2.05) is 30.3 Å². The summed E-state index contributed by atoms with van der Waals surface area (Å²) in [4.78, 5) is 35.6. The second-order valence-corrected chi connectivity index (χ2v) is 5.45. The maximum Gasteiger partial charge on any atom is 0.315 e. The molecular formula is C16H21N3O3. The van der Waals surface area contributed by atoms with E-state index in [9.17, 15) is 14.4 Å². The molecule has 2 rings (SSSR count). The Labute approximate surface area is 129 Å². The molecule has 1 fully saturated rings. The van der Waals surface area contributed by atoms with Crippen LogP contribution in [0.25, 0.3) is 0 Å². The Morgan fingerprint density at radius 2 is 1.73 bits per heavy atom. The molecule has 0 bridgehead atoms. The number of imide groups is 1. The summed E-state index contributed by atoms with van der Waals surface area (Å²) in [5, 5.41) is 7.92. The van der Waals surface area contributed by atoms with E-state index in [0.717, 1.165) is 18.7 Å². The van der Waals surface area contributed by atoms with Crippen LogP contribution in [-0.2, 0) is 14.4 Å². The Morgan fingerprint density at radius 1 is 1.09 bits per heavy atom. The van der Waals surface area contributed by atoms with E-state index >= 15 is 0 Å². The Balaban J connectivity index is 1.84. The van der Waals surface area contributed by atoms with Crippen molar-refractivity contribution in [1.82, 2.24) is 16.0 Å². The monoisotopic (exact) mass is 303 g/mol. The normalized spacial score (nSPS) is 16.6. The Kier molecular flexibility index (Phi) is 5.66. The van der Waals surface area contributed by atoms with E-state index in [1.54, 1.807) is 6.92 Å². The van der Waals surface area contributed by atoms with E-state index in [1.165, 1.54) is 0 Å². The number of carbonyl (C=O) groups is 3. The van der Waals surface area contributed by atoms with Crippen molar-refractivity contribution in [2.45, 2.75) is 25.8 Å². The van der Waals surface area contributed by atoms with Crippen LogP contribution in [0.1, 0.15) is 31.4 Å². The van der Waals surface area contributed by atoms with Gasteiger partial charge in [0.2, 0.25) is 5.91 Å². The van der Waals surface area contributed by atoms with Crippen molar-refractivity contribution < 1.29 is 14.4 Å². The maximum absolute atomic E-state index is 11.9. The molecule has 3 N–H and O–H groups in total. The molecule has 1 aromatic carbocycles. The van der Waals surface area contributed by atoms with Crippen molar-refractivity contribution in [2.24, 2.45) is 5.92 Å². The molecule has 0 radical (unpaired) electrons. The number of hydrogen-bond donors (Lipinski definition) is 3. The van der Waals surface area contributed by atoms with Gasteiger partial charge in [-0.05, 0) is 38.4 Å². The summed E-state index contributed by atoms with van der Waals surface area (Å²) in [5.41, 5.74) is 0.897. The summed E-state index contributed by atoms with van der Waals surface area (Å²) in [5.74, 6) is -2.26. The van der Waals surface area contributed by atoms with Gasteiger partial charge in [-0.1, -0.05) is 30.3 Å². The molecule has 1 unspecified atom stereocenters. The fourth-order valence-electron chi connectivity index (χ4n) is 2.44. The van der Waals surface area contributed by atoms with Crippen LogP contribution in [0.5, 0.6) is 0 Å². The molecule has 1 aliphatic heterocycles. The van der Waals surface area contributed by atoms with Crippen molar-refractivity contribution in [3.8, 4) is 0 Å². The highest BCUT2D eigenvalue weighted by Gasteiger charge is 2.25. The summed E-state index contributed by atoms with van der Waals surface area (Å²) in [6.45, 7) is 3.29. The van der Waals surface area contributed by atoms with Crippen LogP contribution in [0.4, 0.5) is 0 Å². The number of hydrogen-bond acceptors (Lipinski definition) is 4. The second kappa shape index (κ2) is 7.70. The van der Waals surface area contributed by atoms with Crippen LogP contribution in [0.2, 0.25) is 0 Å². The molecule has 1 aromatic rings. The minimum absolute atomic E-state index is 0.204. The zero-order chi connectivity index (χ0) is 15.9. The first-order valence-corrected chi connectivity index (χ1v) is 7.49. The fourth-order valence-corrected chi connectivity index (χ4v) is 2.44. The number of piperidine rings is 1. The van der Waals surface area contributed by atoms with Crippen molar-refractivity contribution in [1.29, 1.82) is 0 Å². The van der Waals surface area contributed by atoms with Gasteiger partial charge in [-0.3, -0.25) is 19.7 Å². The van der Waals surface area contributed by atoms with Gasteiger partial charge in [-0.25, -0.2) is 0 Å². The van der Waals surface area contributed by atoms with Crippen molar-refractivity contribution in [3.63, 3.8) is 0 Å². The molecule has 0 spiro atoms. The summed E-state index contributed by atoms with van der Waals surface area (Å²) in [7, 11) is 0. The first-order chi connectivity index (χ1) is 10.6. The lowest BCUT2D eigenvalue weighted by molar-refractivity contribution is -0.143. The predicted octanol–water partition coefficient (Wildman–Crippen LogP) is 0.506. The highest BCUT2D eigenvalue weighted by atomic mass is 16.2. The number of carbonyl (C=O) groups excluding carboxylic acids is 3. The number of benzene rings is 1. The zero-order valence-electron chi connectivity index (χ0n) is 12.6. The van der Waals surface area contributed by atoms with E-state index < -0.39 is 11.8 Å². The molecule has 6 nitrogen and oxygen atoms in total. The Hall–Kier alpha value is -2.21. The van der Waals surface area contributed by atoms with E-state index in [-0.39, 0.29) is 17.9 Å². The third-order valence-corrected chi connectivity index (χ3v) is 3.80.